The number of carbonyl (C=O) groups excluding carboxylic acids is 1. The van der Waals surface area contributed by atoms with E-state index in [-0.39, 0.29) is 11.6 Å². The maximum atomic E-state index is 13.4. The molecule has 27 heavy (non-hydrogen) atoms. The molecule has 1 aromatic carbocycles. The van der Waals surface area contributed by atoms with Gasteiger partial charge in [-0.05, 0) is 23.8 Å². The highest BCUT2D eigenvalue weighted by Gasteiger charge is 2.46. The Hall–Kier alpha value is -2.32. The molecule has 1 aliphatic rings. The molecule has 0 radical (unpaired) electrons. The van der Waals surface area contributed by atoms with Gasteiger partial charge in [0.25, 0.3) is 11.5 Å². The number of thiophene rings is 1. The van der Waals surface area contributed by atoms with Crippen molar-refractivity contribution in [3.63, 3.8) is 0 Å². The highest BCUT2D eigenvalue weighted by atomic mass is 35.5. The van der Waals surface area contributed by atoms with Crippen LogP contribution in [0.5, 0.6) is 0 Å². The molecule has 2 aromatic heterocycles. The van der Waals surface area contributed by atoms with E-state index < -0.39 is 36.3 Å². The van der Waals surface area contributed by atoms with Gasteiger partial charge in [-0.25, -0.2) is 13.2 Å². The Bertz CT molecular complexity index is 1120. The van der Waals surface area contributed by atoms with Crippen LogP contribution in [-0.2, 0) is 11.3 Å². The van der Waals surface area contributed by atoms with E-state index in [1.165, 1.54) is 40.3 Å². The second-order valence-corrected chi connectivity index (χ2v) is 7.69. The number of carbonyl (C=O) groups is 1. The largest absolute Gasteiger partial charge is 0.329 e. The van der Waals surface area contributed by atoms with Crippen LogP contribution in [0.15, 0.2) is 40.6 Å². The van der Waals surface area contributed by atoms with Crippen LogP contribution < -0.4 is 5.56 Å². The van der Waals surface area contributed by atoms with E-state index in [9.17, 15) is 22.8 Å². The minimum Gasteiger partial charge on any atom is -0.329 e. The first-order valence-electron chi connectivity index (χ1n) is 7.97. The minimum absolute atomic E-state index is 0.0583. The molecule has 0 atom stereocenters. The normalized spacial score (nSPS) is 15.8. The molecule has 9 heteroatoms. The van der Waals surface area contributed by atoms with Gasteiger partial charge in [-0.3, -0.25) is 9.59 Å². The smallest absolute Gasteiger partial charge is 0.282 e. The van der Waals surface area contributed by atoms with Crippen LogP contribution in [0.4, 0.5) is 13.2 Å². The Morgan fingerprint density at radius 1 is 1.26 bits per heavy atom. The Morgan fingerprint density at radius 2 is 2.00 bits per heavy atom. The monoisotopic (exact) mass is 412 g/mol. The van der Waals surface area contributed by atoms with Crippen LogP contribution in [0.3, 0.4) is 0 Å². The fourth-order valence-corrected chi connectivity index (χ4v) is 4.15. The standard InChI is InChI=1S/C18H12ClF3N2O2S/c19-12-5-10(1-2-13(12)20)11-7-27-14-3-4-23(17(26)16(11)14)6-15(25)24-8-18(21,22)9-24/h1-5,7H,6,8-9H2. The number of hydrogen-bond acceptors (Lipinski definition) is 3. The molecule has 4 rings (SSSR count). The molecule has 0 unspecified atom stereocenters. The summed E-state index contributed by atoms with van der Waals surface area (Å²) in [4.78, 5) is 26.0. The quantitative estimate of drug-likeness (QED) is 0.652. The van der Waals surface area contributed by atoms with Crippen LogP contribution in [0, 0.1) is 5.82 Å². The van der Waals surface area contributed by atoms with Gasteiger partial charge >= 0.3 is 0 Å². The van der Waals surface area contributed by atoms with Crippen molar-refractivity contribution >= 4 is 38.9 Å². The van der Waals surface area contributed by atoms with E-state index in [2.05, 4.69) is 0 Å². The lowest BCUT2D eigenvalue weighted by molar-refractivity contribution is -0.166. The number of rotatable bonds is 3. The molecule has 0 aliphatic carbocycles. The maximum Gasteiger partial charge on any atom is 0.282 e. The third-order valence-corrected chi connectivity index (χ3v) is 5.67. The zero-order valence-corrected chi connectivity index (χ0v) is 15.3. The van der Waals surface area contributed by atoms with Gasteiger partial charge in [0, 0.05) is 21.8 Å². The second kappa shape index (κ2) is 6.38. The van der Waals surface area contributed by atoms with E-state index in [1.54, 1.807) is 11.4 Å². The lowest BCUT2D eigenvalue weighted by Gasteiger charge is -2.38. The second-order valence-electron chi connectivity index (χ2n) is 6.37. The molecular weight excluding hydrogens is 401 g/mol. The number of fused-ring (bicyclic) bond motifs is 1. The van der Waals surface area contributed by atoms with Crippen molar-refractivity contribution in [1.82, 2.24) is 9.47 Å². The molecule has 4 nitrogen and oxygen atoms in total. The molecule has 0 N–H and O–H groups in total. The van der Waals surface area contributed by atoms with Crippen LogP contribution in [0.1, 0.15) is 0 Å². The van der Waals surface area contributed by atoms with Gasteiger partial charge in [-0.15, -0.1) is 11.3 Å². The number of halogens is 4. The number of pyridine rings is 1. The molecule has 3 heterocycles. The average Bonchev–Trinajstić information content (AvgIpc) is 3.02. The summed E-state index contributed by atoms with van der Waals surface area (Å²) in [5, 5.41) is 2.08. The lowest BCUT2D eigenvalue weighted by Crippen LogP contribution is -2.59. The third-order valence-electron chi connectivity index (χ3n) is 4.43. The number of hydrogen-bond donors (Lipinski definition) is 0. The fourth-order valence-electron chi connectivity index (χ4n) is 3.02. The Balaban J connectivity index is 1.70. The summed E-state index contributed by atoms with van der Waals surface area (Å²) in [6.45, 7) is -1.56. The lowest BCUT2D eigenvalue weighted by atomic mass is 10.1. The molecule has 1 aliphatic heterocycles. The van der Waals surface area contributed by atoms with Gasteiger partial charge in [-0.2, -0.15) is 0 Å². The van der Waals surface area contributed by atoms with Crippen molar-refractivity contribution in [2.45, 2.75) is 12.5 Å². The number of benzene rings is 1. The van der Waals surface area contributed by atoms with Gasteiger partial charge in [-0.1, -0.05) is 17.7 Å². The van der Waals surface area contributed by atoms with Gasteiger partial charge in [0.15, 0.2) is 0 Å². The van der Waals surface area contributed by atoms with Crippen LogP contribution in [-0.4, -0.2) is 34.4 Å². The number of amides is 1. The Morgan fingerprint density at radius 3 is 2.67 bits per heavy atom. The highest BCUT2D eigenvalue weighted by molar-refractivity contribution is 7.17. The summed E-state index contributed by atoms with van der Waals surface area (Å²) in [5.41, 5.74) is 0.750. The predicted molar refractivity (Wildman–Crippen MR) is 98.0 cm³/mol. The van der Waals surface area contributed by atoms with Crippen molar-refractivity contribution in [3.05, 3.63) is 57.0 Å². The first-order valence-corrected chi connectivity index (χ1v) is 9.23. The number of likely N-dealkylation sites (tertiary alicyclic amines) is 1. The first-order chi connectivity index (χ1) is 12.7. The summed E-state index contributed by atoms with van der Waals surface area (Å²) in [6.07, 6.45) is 1.47. The molecule has 1 amide bonds. The van der Waals surface area contributed by atoms with Gasteiger partial charge in [0.05, 0.1) is 23.5 Å². The van der Waals surface area contributed by atoms with E-state index in [4.69, 9.17) is 11.6 Å². The average molecular weight is 413 g/mol. The van der Waals surface area contributed by atoms with Crippen LogP contribution in [0.25, 0.3) is 21.2 Å². The topological polar surface area (TPSA) is 42.3 Å². The van der Waals surface area contributed by atoms with Crippen LogP contribution >= 0.6 is 22.9 Å². The van der Waals surface area contributed by atoms with Crippen molar-refractivity contribution in [2.75, 3.05) is 13.1 Å². The van der Waals surface area contributed by atoms with Gasteiger partial charge in [0.2, 0.25) is 5.91 Å². The molecule has 1 fully saturated rings. The number of aromatic nitrogens is 1. The zero-order chi connectivity index (χ0) is 19.3. The Kier molecular flexibility index (Phi) is 4.27. The van der Waals surface area contributed by atoms with E-state index in [1.807, 2.05) is 0 Å². The van der Waals surface area contributed by atoms with Crippen molar-refractivity contribution in [1.29, 1.82) is 0 Å². The van der Waals surface area contributed by atoms with Gasteiger partial charge < -0.3 is 9.47 Å². The summed E-state index contributed by atoms with van der Waals surface area (Å²) < 4.78 is 41.2. The molecule has 0 spiro atoms. The summed E-state index contributed by atoms with van der Waals surface area (Å²) in [5.74, 6) is -3.95. The van der Waals surface area contributed by atoms with Crippen LogP contribution in [0.2, 0.25) is 5.02 Å². The van der Waals surface area contributed by atoms with E-state index in [0.717, 1.165) is 4.90 Å². The Labute approximate surface area is 160 Å². The van der Waals surface area contributed by atoms with E-state index >= 15 is 0 Å². The molecule has 140 valence electrons. The molecule has 0 saturated carbocycles. The molecule has 1 saturated heterocycles. The van der Waals surface area contributed by atoms with E-state index in [0.29, 0.717) is 21.2 Å². The molecular formula is C18H12ClF3N2O2S. The molecule has 3 aromatic rings. The summed E-state index contributed by atoms with van der Waals surface area (Å²) in [7, 11) is 0. The predicted octanol–water partition coefficient (Wildman–Crippen LogP) is 4.00. The number of alkyl halides is 2. The zero-order valence-electron chi connectivity index (χ0n) is 13.7. The SMILES string of the molecule is O=C(Cn1ccc2scc(-c3ccc(F)c(Cl)c3)c2c1=O)N1CC(F)(F)C1. The summed E-state index contributed by atoms with van der Waals surface area (Å²) in [6, 6.07) is 5.86. The maximum absolute atomic E-state index is 13.4. The molecule has 0 bridgehead atoms. The minimum atomic E-state index is -2.85. The van der Waals surface area contributed by atoms with Crippen molar-refractivity contribution in [2.24, 2.45) is 0 Å². The summed E-state index contributed by atoms with van der Waals surface area (Å²) >= 11 is 7.17. The number of nitrogens with zero attached hydrogens (tertiary/aromatic N) is 2. The fraction of sp³-hybridized carbons (Fsp3) is 0.222. The third kappa shape index (κ3) is 3.23. The van der Waals surface area contributed by atoms with Crippen molar-refractivity contribution in [3.8, 4) is 11.1 Å². The highest BCUT2D eigenvalue weighted by Crippen LogP contribution is 2.33. The van der Waals surface area contributed by atoms with Gasteiger partial charge in [0.1, 0.15) is 12.4 Å². The first kappa shape index (κ1) is 18.1. The van der Waals surface area contributed by atoms with Crippen molar-refractivity contribution < 1.29 is 18.0 Å².